The Labute approximate surface area is 116 Å². The average Bonchev–Trinajstić information content (AvgIpc) is 2.35. The molecule has 1 aromatic rings. The molecule has 0 bridgehead atoms. The molecule has 0 unspecified atom stereocenters. The molecule has 7 heteroatoms. The first-order chi connectivity index (χ1) is 8.13. The molecule has 0 radical (unpaired) electrons. The standard InChI is InChI=1S/C11H14ClN3O2.ClH/c12-9-4-2-1-3-8(9)6-14-11(17)7-15-10(16)5-13;/h1-4H,5-7,13H2,(H,14,17)(H,15,16);1H. The summed E-state index contributed by atoms with van der Waals surface area (Å²) in [5.41, 5.74) is 5.91. The van der Waals surface area contributed by atoms with Crippen LogP contribution in [0.25, 0.3) is 0 Å². The van der Waals surface area contributed by atoms with Crippen molar-refractivity contribution in [1.82, 2.24) is 10.6 Å². The molecule has 2 amide bonds. The van der Waals surface area contributed by atoms with Crippen LogP contribution in [0.1, 0.15) is 5.56 Å². The molecule has 4 N–H and O–H groups in total. The topological polar surface area (TPSA) is 84.2 Å². The van der Waals surface area contributed by atoms with Crippen molar-refractivity contribution in [3.05, 3.63) is 34.9 Å². The molecule has 0 spiro atoms. The summed E-state index contributed by atoms with van der Waals surface area (Å²) in [7, 11) is 0. The van der Waals surface area contributed by atoms with Crippen LogP contribution in [0.2, 0.25) is 5.02 Å². The molecule has 0 atom stereocenters. The minimum Gasteiger partial charge on any atom is -0.350 e. The molecule has 18 heavy (non-hydrogen) atoms. The van der Waals surface area contributed by atoms with Crippen LogP contribution in [-0.2, 0) is 16.1 Å². The molecule has 5 nitrogen and oxygen atoms in total. The zero-order chi connectivity index (χ0) is 12.7. The number of carbonyl (C=O) groups is 2. The van der Waals surface area contributed by atoms with Gasteiger partial charge in [0.15, 0.2) is 0 Å². The van der Waals surface area contributed by atoms with Crippen LogP contribution in [-0.4, -0.2) is 24.9 Å². The van der Waals surface area contributed by atoms with E-state index in [2.05, 4.69) is 10.6 Å². The van der Waals surface area contributed by atoms with Crippen LogP contribution in [0.3, 0.4) is 0 Å². The van der Waals surface area contributed by atoms with Crippen LogP contribution in [0.4, 0.5) is 0 Å². The number of nitrogens with one attached hydrogen (secondary N) is 2. The summed E-state index contributed by atoms with van der Waals surface area (Å²) >= 11 is 5.92. The van der Waals surface area contributed by atoms with Crippen molar-refractivity contribution in [3.8, 4) is 0 Å². The van der Waals surface area contributed by atoms with Crippen molar-refractivity contribution in [3.63, 3.8) is 0 Å². The van der Waals surface area contributed by atoms with Gasteiger partial charge < -0.3 is 16.4 Å². The first kappa shape index (κ1) is 16.7. The van der Waals surface area contributed by atoms with Gasteiger partial charge in [-0.25, -0.2) is 0 Å². The van der Waals surface area contributed by atoms with Crippen LogP contribution < -0.4 is 16.4 Å². The fraction of sp³-hybridized carbons (Fsp3) is 0.273. The molecule has 0 aliphatic heterocycles. The lowest BCUT2D eigenvalue weighted by Crippen LogP contribution is -2.39. The molecule has 1 aromatic carbocycles. The maximum atomic E-state index is 11.3. The molecular formula is C11H15Cl2N3O2. The number of hydrogen-bond donors (Lipinski definition) is 3. The van der Waals surface area contributed by atoms with Crippen molar-refractivity contribution < 1.29 is 9.59 Å². The summed E-state index contributed by atoms with van der Waals surface area (Å²) in [5.74, 6) is -0.649. The Morgan fingerprint density at radius 3 is 2.44 bits per heavy atom. The van der Waals surface area contributed by atoms with Gasteiger partial charge in [0.05, 0.1) is 13.1 Å². The van der Waals surface area contributed by atoms with Crippen molar-refractivity contribution >= 4 is 35.8 Å². The lowest BCUT2D eigenvalue weighted by atomic mass is 10.2. The monoisotopic (exact) mass is 291 g/mol. The highest BCUT2D eigenvalue weighted by Gasteiger charge is 2.04. The molecule has 1 rings (SSSR count). The zero-order valence-corrected chi connectivity index (χ0v) is 11.2. The van der Waals surface area contributed by atoms with E-state index in [0.29, 0.717) is 11.6 Å². The van der Waals surface area contributed by atoms with Gasteiger partial charge in [0.25, 0.3) is 0 Å². The van der Waals surface area contributed by atoms with E-state index in [0.717, 1.165) is 5.56 Å². The number of amides is 2. The van der Waals surface area contributed by atoms with E-state index in [1.54, 1.807) is 6.07 Å². The highest BCUT2D eigenvalue weighted by Crippen LogP contribution is 2.13. The molecule has 0 aromatic heterocycles. The Morgan fingerprint density at radius 1 is 1.17 bits per heavy atom. The quantitative estimate of drug-likeness (QED) is 0.737. The van der Waals surface area contributed by atoms with Gasteiger partial charge in [0.1, 0.15) is 0 Å². The number of rotatable bonds is 5. The second-order valence-corrected chi connectivity index (χ2v) is 3.76. The number of nitrogens with two attached hydrogens (primary N) is 1. The second kappa shape index (κ2) is 8.74. The van der Waals surface area contributed by atoms with Crippen LogP contribution in [0, 0.1) is 0 Å². The van der Waals surface area contributed by atoms with Crippen molar-refractivity contribution in [2.45, 2.75) is 6.54 Å². The van der Waals surface area contributed by atoms with Gasteiger partial charge in [0, 0.05) is 11.6 Å². The highest BCUT2D eigenvalue weighted by molar-refractivity contribution is 6.31. The van der Waals surface area contributed by atoms with E-state index in [9.17, 15) is 9.59 Å². The predicted molar refractivity (Wildman–Crippen MR) is 72.6 cm³/mol. The minimum atomic E-state index is -0.363. The largest absolute Gasteiger partial charge is 0.350 e. The maximum absolute atomic E-state index is 11.3. The van der Waals surface area contributed by atoms with Gasteiger partial charge >= 0.3 is 0 Å². The Kier molecular flexibility index (Phi) is 8.11. The van der Waals surface area contributed by atoms with Crippen LogP contribution in [0.5, 0.6) is 0 Å². The molecule has 0 fully saturated rings. The molecule has 0 aliphatic rings. The lowest BCUT2D eigenvalue weighted by molar-refractivity contribution is -0.125. The SMILES string of the molecule is Cl.NCC(=O)NCC(=O)NCc1ccccc1Cl. The third kappa shape index (κ3) is 5.86. The summed E-state index contributed by atoms with van der Waals surface area (Å²) in [5, 5.41) is 5.61. The first-order valence-corrected chi connectivity index (χ1v) is 5.48. The molecule has 100 valence electrons. The Morgan fingerprint density at radius 2 is 1.83 bits per heavy atom. The number of benzene rings is 1. The van der Waals surface area contributed by atoms with Gasteiger partial charge in [-0.2, -0.15) is 0 Å². The van der Waals surface area contributed by atoms with E-state index in [1.807, 2.05) is 18.2 Å². The average molecular weight is 292 g/mol. The van der Waals surface area contributed by atoms with Crippen molar-refractivity contribution in [2.75, 3.05) is 13.1 Å². The summed E-state index contributed by atoms with van der Waals surface area (Å²) in [6.07, 6.45) is 0. The van der Waals surface area contributed by atoms with Crippen LogP contribution >= 0.6 is 24.0 Å². The van der Waals surface area contributed by atoms with Crippen molar-refractivity contribution in [2.24, 2.45) is 5.73 Å². The molecule has 0 aliphatic carbocycles. The minimum absolute atomic E-state index is 0. The molecule has 0 saturated carbocycles. The van der Waals surface area contributed by atoms with Gasteiger partial charge in [0.2, 0.25) is 11.8 Å². The molecular weight excluding hydrogens is 277 g/mol. The smallest absolute Gasteiger partial charge is 0.239 e. The summed E-state index contributed by atoms with van der Waals surface area (Å²) in [4.78, 5) is 22.1. The number of halogens is 2. The molecule has 0 saturated heterocycles. The third-order valence-corrected chi connectivity index (χ3v) is 2.43. The zero-order valence-electron chi connectivity index (χ0n) is 9.61. The Bertz CT molecular complexity index is 413. The third-order valence-electron chi connectivity index (χ3n) is 2.07. The second-order valence-electron chi connectivity index (χ2n) is 3.35. The van der Waals surface area contributed by atoms with E-state index in [4.69, 9.17) is 17.3 Å². The summed E-state index contributed by atoms with van der Waals surface area (Å²) in [6, 6.07) is 7.22. The Hall–Kier alpha value is -1.30. The predicted octanol–water partition coefficient (Wildman–Crippen LogP) is 0.453. The van der Waals surface area contributed by atoms with Gasteiger partial charge in [-0.15, -0.1) is 12.4 Å². The summed E-state index contributed by atoms with van der Waals surface area (Å²) in [6.45, 7) is 0.120. The number of carbonyl (C=O) groups excluding carboxylic acids is 2. The van der Waals surface area contributed by atoms with Gasteiger partial charge in [-0.1, -0.05) is 29.8 Å². The fourth-order valence-electron chi connectivity index (χ4n) is 1.15. The maximum Gasteiger partial charge on any atom is 0.239 e. The van der Waals surface area contributed by atoms with Crippen LogP contribution in [0.15, 0.2) is 24.3 Å². The first-order valence-electron chi connectivity index (χ1n) is 5.10. The number of hydrogen-bond acceptors (Lipinski definition) is 3. The van der Waals surface area contributed by atoms with E-state index in [1.165, 1.54) is 0 Å². The Balaban J connectivity index is 0.00000289. The van der Waals surface area contributed by atoms with E-state index >= 15 is 0 Å². The summed E-state index contributed by atoms with van der Waals surface area (Å²) < 4.78 is 0. The van der Waals surface area contributed by atoms with E-state index in [-0.39, 0.29) is 37.3 Å². The normalized spacial score (nSPS) is 9.22. The molecule has 0 heterocycles. The van der Waals surface area contributed by atoms with E-state index < -0.39 is 0 Å². The van der Waals surface area contributed by atoms with Gasteiger partial charge in [-0.3, -0.25) is 9.59 Å². The lowest BCUT2D eigenvalue weighted by Gasteiger charge is -2.07. The highest BCUT2D eigenvalue weighted by atomic mass is 35.5. The van der Waals surface area contributed by atoms with Gasteiger partial charge in [-0.05, 0) is 11.6 Å². The fourth-order valence-corrected chi connectivity index (χ4v) is 1.35. The van der Waals surface area contributed by atoms with Crippen molar-refractivity contribution in [1.29, 1.82) is 0 Å².